The van der Waals surface area contributed by atoms with Crippen LogP contribution >= 0.6 is 0 Å². The molecule has 1 N–H and O–H groups in total. The van der Waals surface area contributed by atoms with Gasteiger partial charge in [-0.3, -0.25) is 4.98 Å². The lowest BCUT2D eigenvalue weighted by Gasteiger charge is -2.18. The van der Waals surface area contributed by atoms with Crippen molar-refractivity contribution in [2.45, 2.75) is 38.6 Å². The van der Waals surface area contributed by atoms with Crippen LogP contribution in [0.4, 0.5) is 4.39 Å². The Hall–Kier alpha value is -1.40. The Morgan fingerprint density at radius 3 is 3.06 bits per heavy atom. The predicted molar refractivity (Wildman–Crippen MR) is 67.9 cm³/mol. The lowest BCUT2D eigenvalue weighted by atomic mass is 10.0. The molecule has 1 aromatic rings. The molecule has 92 valence electrons. The standard InChI is InChI=1S/C14H19FN2/c1-3-5-6-7-14(17-9-4-2)12-8-10-16-11-13(12)15/h1,8,10-11,14,17H,4-7,9H2,2H3. The van der Waals surface area contributed by atoms with Crippen LogP contribution in [0.15, 0.2) is 18.5 Å². The second-order valence-corrected chi connectivity index (χ2v) is 4.00. The first kappa shape index (κ1) is 13.7. The number of hydrogen-bond donors (Lipinski definition) is 1. The van der Waals surface area contributed by atoms with Gasteiger partial charge in [0.2, 0.25) is 0 Å². The summed E-state index contributed by atoms with van der Waals surface area (Å²) in [6.45, 7) is 2.97. The van der Waals surface area contributed by atoms with Gasteiger partial charge < -0.3 is 5.32 Å². The summed E-state index contributed by atoms with van der Waals surface area (Å²) in [6, 6.07) is 1.77. The van der Waals surface area contributed by atoms with Gasteiger partial charge in [0.25, 0.3) is 0 Å². The second-order valence-electron chi connectivity index (χ2n) is 4.00. The minimum Gasteiger partial charge on any atom is -0.310 e. The van der Waals surface area contributed by atoms with Crippen LogP contribution in [-0.2, 0) is 0 Å². The molecular weight excluding hydrogens is 215 g/mol. The molecule has 0 saturated heterocycles. The number of pyridine rings is 1. The number of halogens is 1. The van der Waals surface area contributed by atoms with E-state index < -0.39 is 0 Å². The third-order valence-corrected chi connectivity index (χ3v) is 2.63. The number of rotatable bonds is 7. The summed E-state index contributed by atoms with van der Waals surface area (Å²) in [7, 11) is 0. The number of unbranched alkanes of at least 4 members (excludes halogenated alkanes) is 1. The highest BCUT2D eigenvalue weighted by atomic mass is 19.1. The molecule has 0 saturated carbocycles. The number of nitrogens with zero attached hydrogens (tertiary/aromatic N) is 1. The van der Waals surface area contributed by atoms with Gasteiger partial charge >= 0.3 is 0 Å². The smallest absolute Gasteiger partial charge is 0.146 e. The van der Waals surface area contributed by atoms with Crippen LogP contribution in [0, 0.1) is 18.2 Å². The third-order valence-electron chi connectivity index (χ3n) is 2.63. The summed E-state index contributed by atoms with van der Waals surface area (Å²) in [4.78, 5) is 3.77. The van der Waals surface area contributed by atoms with Crippen LogP contribution in [-0.4, -0.2) is 11.5 Å². The van der Waals surface area contributed by atoms with Crippen molar-refractivity contribution in [2.24, 2.45) is 0 Å². The van der Waals surface area contributed by atoms with E-state index in [9.17, 15) is 4.39 Å². The van der Waals surface area contributed by atoms with Gasteiger partial charge in [0.15, 0.2) is 0 Å². The van der Waals surface area contributed by atoms with E-state index in [0.29, 0.717) is 5.56 Å². The van der Waals surface area contributed by atoms with Crippen LogP contribution in [0.1, 0.15) is 44.2 Å². The maximum atomic E-state index is 13.6. The van der Waals surface area contributed by atoms with Crippen molar-refractivity contribution >= 4 is 0 Å². The molecule has 1 unspecified atom stereocenters. The van der Waals surface area contributed by atoms with Gasteiger partial charge in [0.1, 0.15) is 5.82 Å². The summed E-state index contributed by atoms with van der Waals surface area (Å²) >= 11 is 0. The molecular formula is C14H19FN2. The Labute approximate surface area is 103 Å². The molecule has 0 aromatic carbocycles. The number of hydrogen-bond acceptors (Lipinski definition) is 2. The SMILES string of the molecule is C#CCCCC(NCCC)c1ccncc1F. The third kappa shape index (κ3) is 4.54. The Kier molecular flexibility index (Phi) is 6.27. The van der Waals surface area contributed by atoms with Gasteiger partial charge in [-0.1, -0.05) is 6.92 Å². The zero-order valence-corrected chi connectivity index (χ0v) is 10.2. The predicted octanol–water partition coefficient (Wildman–Crippen LogP) is 3.06. The number of nitrogens with one attached hydrogen (secondary N) is 1. The lowest BCUT2D eigenvalue weighted by Crippen LogP contribution is -2.23. The highest BCUT2D eigenvalue weighted by molar-refractivity contribution is 5.17. The highest BCUT2D eigenvalue weighted by Gasteiger charge is 2.14. The molecule has 0 aliphatic rings. The van der Waals surface area contributed by atoms with Crippen molar-refractivity contribution in [1.82, 2.24) is 10.3 Å². The summed E-state index contributed by atoms with van der Waals surface area (Å²) in [5, 5.41) is 3.35. The second kappa shape index (κ2) is 7.81. The fourth-order valence-electron chi connectivity index (χ4n) is 1.76. The van der Waals surface area contributed by atoms with Crippen molar-refractivity contribution in [3.8, 4) is 12.3 Å². The Morgan fingerprint density at radius 1 is 1.59 bits per heavy atom. The molecule has 0 aliphatic carbocycles. The van der Waals surface area contributed by atoms with Crippen LogP contribution in [0.2, 0.25) is 0 Å². The van der Waals surface area contributed by atoms with Gasteiger partial charge in [0.05, 0.1) is 6.20 Å². The topological polar surface area (TPSA) is 24.9 Å². The van der Waals surface area contributed by atoms with E-state index in [-0.39, 0.29) is 11.9 Å². The first-order valence-corrected chi connectivity index (χ1v) is 6.05. The largest absolute Gasteiger partial charge is 0.310 e. The van der Waals surface area contributed by atoms with Crippen LogP contribution < -0.4 is 5.32 Å². The monoisotopic (exact) mass is 234 g/mol. The average Bonchev–Trinajstić information content (AvgIpc) is 2.35. The minimum absolute atomic E-state index is 0.0336. The molecule has 2 nitrogen and oxygen atoms in total. The van der Waals surface area contributed by atoms with E-state index in [2.05, 4.69) is 23.1 Å². The Bertz CT molecular complexity index is 371. The van der Waals surface area contributed by atoms with Crippen molar-refractivity contribution < 1.29 is 4.39 Å². The van der Waals surface area contributed by atoms with Crippen molar-refractivity contribution in [3.05, 3.63) is 29.8 Å². The minimum atomic E-state index is -0.248. The highest BCUT2D eigenvalue weighted by Crippen LogP contribution is 2.21. The van der Waals surface area contributed by atoms with Gasteiger partial charge in [-0.2, -0.15) is 0 Å². The van der Waals surface area contributed by atoms with Crippen molar-refractivity contribution in [2.75, 3.05) is 6.54 Å². The summed E-state index contributed by atoms with van der Waals surface area (Å²) in [6.07, 6.45) is 11.6. The van der Waals surface area contributed by atoms with Gasteiger partial charge in [-0.25, -0.2) is 4.39 Å². The van der Waals surface area contributed by atoms with E-state index in [4.69, 9.17) is 6.42 Å². The summed E-state index contributed by atoms with van der Waals surface area (Å²) < 4.78 is 13.6. The van der Waals surface area contributed by atoms with E-state index in [1.807, 2.05) is 0 Å². The summed E-state index contributed by atoms with van der Waals surface area (Å²) in [5.41, 5.74) is 0.686. The molecule has 0 radical (unpaired) electrons. The van der Waals surface area contributed by atoms with E-state index in [1.165, 1.54) is 6.20 Å². The molecule has 0 aliphatic heterocycles. The number of aromatic nitrogens is 1. The molecule has 3 heteroatoms. The summed E-state index contributed by atoms with van der Waals surface area (Å²) in [5.74, 6) is 2.36. The molecule has 1 heterocycles. The fraction of sp³-hybridized carbons (Fsp3) is 0.500. The van der Waals surface area contributed by atoms with Crippen LogP contribution in [0.3, 0.4) is 0 Å². The maximum absolute atomic E-state index is 13.6. The van der Waals surface area contributed by atoms with Gasteiger partial charge in [0, 0.05) is 24.2 Å². The van der Waals surface area contributed by atoms with Crippen molar-refractivity contribution in [3.63, 3.8) is 0 Å². The Balaban J connectivity index is 2.68. The van der Waals surface area contributed by atoms with E-state index >= 15 is 0 Å². The molecule has 0 spiro atoms. The molecule has 0 amide bonds. The molecule has 1 aromatic heterocycles. The molecule has 0 fully saturated rings. The van der Waals surface area contributed by atoms with Crippen molar-refractivity contribution in [1.29, 1.82) is 0 Å². The average molecular weight is 234 g/mol. The maximum Gasteiger partial charge on any atom is 0.146 e. The fourth-order valence-corrected chi connectivity index (χ4v) is 1.76. The molecule has 0 bridgehead atoms. The van der Waals surface area contributed by atoms with E-state index in [1.54, 1.807) is 12.3 Å². The first-order chi connectivity index (χ1) is 8.29. The molecule has 1 rings (SSSR count). The van der Waals surface area contributed by atoms with Crippen LogP contribution in [0.25, 0.3) is 0 Å². The molecule has 17 heavy (non-hydrogen) atoms. The quantitative estimate of drug-likeness (QED) is 0.579. The zero-order valence-electron chi connectivity index (χ0n) is 10.2. The normalized spacial score (nSPS) is 12.1. The molecule has 1 atom stereocenters. The Morgan fingerprint density at radius 2 is 2.41 bits per heavy atom. The number of terminal acetylenes is 1. The van der Waals surface area contributed by atoms with Gasteiger partial charge in [-0.05, 0) is 31.9 Å². The van der Waals surface area contributed by atoms with Gasteiger partial charge in [-0.15, -0.1) is 12.3 Å². The lowest BCUT2D eigenvalue weighted by molar-refractivity contribution is 0.463. The van der Waals surface area contributed by atoms with Crippen LogP contribution in [0.5, 0.6) is 0 Å². The van der Waals surface area contributed by atoms with E-state index in [0.717, 1.165) is 32.2 Å². The first-order valence-electron chi connectivity index (χ1n) is 6.05. The zero-order chi connectivity index (χ0) is 12.5.